The number of nitrogens with one attached hydrogen (secondary N) is 1. The van der Waals surface area contributed by atoms with Crippen molar-refractivity contribution in [1.82, 2.24) is 10.2 Å². The van der Waals surface area contributed by atoms with Gasteiger partial charge in [0.25, 0.3) is 0 Å². The first-order valence-electron chi connectivity index (χ1n) is 6.73. The van der Waals surface area contributed by atoms with Crippen LogP contribution in [-0.2, 0) is 4.74 Å². The second-order valence-corrected chi connectivity index (χ2v) is 6.12. The molecule has 1 atom stereocenters. The maximum atomic E-state index is 5.17. The molecule has 0 rings (SSSR count). The molecule has 0 aliphatic carbocycles. The molecule has 0 fully saturated rings. The molecule has 3 heteroatoms. The molecule has 1 unspecified atom stereocenters. The highest BCUT2D eigenvalue weighted by atomic mass is 16.5. The second kappa shape index (κ2) is 8.06. The maximum absolute atomic E-state index is 5.17. The molecule has 0 aliphatic heterocycles. The minimum atomic E-state index is 0.318. The van der Waals surface area contributed by atoms with Crippen molar-refractivity contribution >= 4 is 0 Å². The number of ether oxygens (including phenoxy) is 1. The number of nitrogens with zero attached hydrogens (tertiary/aromatic N) is 1. The molecular formula is C14H32N2O. The molecule has 0 aromatic rings. The Morgan fingerprint density at radius 3 is 2.12 bits per heavy atom. The summed E-state index contributed by atoms with van der Waals surface area (Å²) in [5, 5.41) is 3.43. The normalized spacial score (nSPS) is 14.6. The van der Waals surface area contributed by atoms with E-state index < -0.39 is 0 Å². The van der Waals surface area contributed by atoms with Crippen LogP contribution in [0.2, 0.25) is 0 Å². The zero-order valence-corrected chi connectivity index (χ0v) is 12.8. The Balaban J connectivity index is 4.18. The molecular weight excluding hydrogens is 212 g/mol. The van der Waals surface area contributed by atoms with Gasteiger partial charge in [-0.2, -0.15) is 0 Å². The molecule has 0 aromatic heterocycles. The molecule has 0 saturated carbocycles. The standard InChI is InChI=1S/C14H32N2O/c1-12(2)16(10-11-17-7)9-8-13(15-6)14(3,4)5/h12-13,15H,8-11H2,1-7H3. The molecule has 0 spiro atoms. The first-order valence-corrected chi connectivity index (χ1v) is 6.73. The summed E-state index contributed by atoms with van der Waals surface area (Å²) in [4.78, 5) is 2.49. The van der Waals surface area contributed by atoms with Gasteiger partial charge in [-0.1, -0.05) is 20.8 Å². The van der Waals surface area contributed by atoms with Gasteiger partial charge in [-0.05, 0) is 39.3 Å². The third-order valence-electron chi connectivity index (χ3n) is 3.41. The Bertz CT molecular complexity index is 187. The van der Waals surface area contributed by atoms with Gasteiger partial charge >= 0.3 is 0 Å². The van der Waals surface area contributed by atoms with Crippen molar-refractivity contribution in [3.8, 4) is 0 Å². The van der Waals surface area contributed by atoms with E-state index in [-0.39, 0.29) is 0 Å². The van der Waals surface area contributed by atoms with Crippen LogP contribution in [0.15, 0.2) is 0 Å². The topological polar surface area (TPSA) is 24.5 Å². The summed E-state index contributed by atoms with van der Waals surface area (Å²) in [7, 11) is 3.83. The number of methoxy groups -OCH3 is 1. The summed E-state index contributed by atoms with van der Waals surface area (Å²) in [5.41, 5.74) is 0.318. The fourth-order valence-electron chi connectivity index (χ4n) is 2.14. The summed E-state index contributed by atoms with van der Waals surface area (Å²) >= 11 is 0. The van der Waals surface area contributed by atoms with Crippen LogP contribution in [0.1, 0.15) is 41.0 Å². The third kappa shape index (κ3) is 7.02. The van der Waals surface area contributed by atoms with Crippen LogP contribution in [0.4, 0.5) is 0 Å². The average Bonchev–Trinajstić information content (AvgIpc) is 2.20. The fraction of sp³-hybridized carbons (Fsp3) is 1.00. The summed E-state index contributed by atoms with van der Waals surface area (Å²) in [6.45, 7) is 14.4. The van der Waals surface area contributed by atoms with Gasteiger partial charge in [-0.25, -0.2) is 0 Å². The maximum Gasteiger partial charge on any atom is 0.0589 e. The highest BCUT2D eigenvalue weighted by Crippen LogP contribution is 2.21. The second-order valence-electron chi connectivity index (χ2n) is 6.12. The van der Waals surface area contributed by atoms with E-state index in [1.54, 1.807) is 7.11 Å². The van der Waals surface area contributed by atoms with Gasteiger partial charge in [0.1, 0.15) is 0 Å². The van der Waals surface area contributed by atoms with Crippen molar-refractivity contribution in [3.63, 3.8) is 0 Å². The van der Waals surface area contributed by atoms with Crippen molar-refractivity contribution in [2.24, 2.45) is 5.41 Å². The van der Waals surface area contributed by atoms with Gasteiger partial charge in [0, 0.05) is 25.7 Å². The quantitative estimate of drug-likeness (QED) is 0.709. The van der Waals surface area contributed by atoms with Gasteiger partial charge in [-0.15, -0.1) is 0 Å². The molecule has 17 heavy (non-hydrogen) atoms. The van der Waals surface area contributed by atoms with Crippen molar-refractivity contribution in [2.75, 3.05) is 33.9 Å². The molecule has 104 valence electrons. The fourth-order valence-corrected chi connectivity index (χ4v) is 2.14. The van der Waals surface area contributed by atoms with Crippen LogP contribution < -0.4 is 5.32 Å². The van der Waals surface area contributed by atoms with E-state index in [1.165, 1.54) is 6.42 Å². The van der Waals surface area contributed by atoms with Gasteiger partial charge in [0.2, 0.25) is 0 Å². The molecule has 0 saturated heterocycles. The van der Waals surface area contributed by atoms with Crippen LogP contribution in [0.5, 0.6) is 0 Å². The van der Waals surface area contributed by atoms with Crippen molar-refractivity contribution in [1.29, 1.82) is 0 Å². The lowest BCUT2D eigenvalue weighted by Crippen LogP contribution is -2.43. The SMILES string of the molecule is CNC(CCN(CCOC)C(C)C)C(C)(C)C. The first-order chi connectivity index (χ1) is 7.82. The molecule has 0 heterocycles. The molecule has 3 nitrogen and oxygen atoms in total. The minimum absolute atomic E-state index is 0.318. The number of hydrogen-bond donors (Lipinski definition) is 1. The smallest absolute Gasteiger partial charge is 0.0589 e. The van der Waals surface area contributed by atoms with Crippen LogP contribution in [0, 0.1) is 5.41 Å². The Kier molecular flexibility index (Phi) is 8.01. The average molecular weight is 244 g/mol. The van der Waals surface area contributed by atoms with Crippen LogP contribution in [0.25, 0.3) is 0 Å². The lowest BCUT2D eigenvalue weighted by Gasteiger charge is -2.34. The minimum Gasteiger partial charge on any atom is -0.383 e. The molecule has 1 N–H and O–H groups in total. The predicted octanol–water partition coefficient (Wildman–Crippen LogP) is 2.37. The lowest BCUT2D eigenvalue weighted by atomic mass is 9.85. The van der Waals surface area contributed by atoms with E-state index in [1.807, 2.05) is 0 Å². The van der Waals surface area contributed by atoms with E-state index in [4.69, 9.17) is 4.74 Å². The Morgan fingerprint density at radius 1 is 1.18 bits per heavy atom. The van der Waals surface area contributed by atoms with E-state index in [0.29, 0.717) is 17.5 Å². The summed E-state index contributed by atoms with van der Waals surface area (Å²) < 4.78 is 5.17. The van der Waals surface area contributed by atoms with Crippen LogP contribution in [-0.4, -0.2) is 50.8 Å². The monoisotopic (exact) mass is 244 g/mol. The van der Waals surface area contributed by atoms with Crippen molar-refractivity contribution < 1.29 is 4.74 Å². The molecule has 0 amide bonds. The third-order valence-corrected chi connectivity index (χ3v) is 3.41. The van der Waals surface area contributed by atoms with Crippen molar-refractivity contribution in [3.05, 3.63) is 0 Å². The van der Waals surface area contributed by atoms with E-state index in [0.717, 1.165) is 19.7 Å². The Morgan fingerprint density at radius 2 is 1.76 bits per heavy atom. The zero-order chi connectivity index (χ0) is 13.5. The van der Waals surface area contributed by atoms with Crippen LogP contribution in [0.3, 0.4) is 0 Å². The number of rotatable bonds is 8. The van der Waals surface area contributed by atoms with E-state index in [9.17, 15) is 0 Å². The largest absolute Gasteiger partial charge is 0.383 e. The molecule has 0 aromatic carbocycles. The van der Waals surface area contributed by atoms with Crippen molar-refractivity contribution in [2.45, 2.75) is 53.1 Å². The highest BCUT2D eigenvalue weighted by Gasteiger charge is 2.23. The van der Waals surface area contributed by atoms with Gasteiger partial charge in [0.05, 0.1) is 6.61 Å². The predicted molar refractivity (Wildman–Crippen MR) is 75.5 cm³/mol. The van der Waals surface area contributed by atoms with Crippen LogP contribution >= 0.6 is 0 Å². The van der Waals surface area contributed by atoms with Gasteiger partial charge < -0.3 is 10.1 Å². The number of hydrogen-bond acceptors (Lipinski definition) is 3. The zero-order valence-electron chi connectivity index (χ0n) is 12.8. The summed E-state index contributed by atoms with van der Waals surface area (Å²) in [5.74, 6) is 0. The summed E-state index contributed by atoms with van der Waals surface area (Å²) in [6.07, 6.45) is 1.18. The van der Waals surface area contributed by atoms with Gasteiger partial charge in [0.15, 0.2) is 0 Å². The molecule has 0 radical (unpaired) electrons. The highest BCUT2D eigenvalue weighted by molar-refractivity contribution is 4.80. The molecule has 0 aliphatic rings. The van der Waals surface area contributed by atoms with E-state index in [2.05, 4.69) is 51.9 Å². The summed E-state index contributed by atoms with van der Waals surface area (Å²) in [6, 6.07) is 1.15. The lowest BCUT2D eigenvalue weighted by molar-refractivity contribution is 0.120. The van der Waals surface area contributed by atoms with E-state index >= 15 is 0 Å². The Hall–Kier alpha value is -0.120. The Labute approximate surface area is 108 Å². The molecule has 0 bridgehead atoms. The van der Waals surface area contributed by atoms with Gasteiger partial charge in [-0.3, -0.25) is 4.90 Å². The first kappa shape index (κ1) is 16.9.